The highest BCUT2D eigenvalue weighted by Gasteiger charge is 2.29. The fourth-order valence-corrected chi connectivity index (χ4v) is 3.37. The van der Waals surface area contributed by atoms with Crippen molar-refractivity contribution in [2.75, 3.05) is 19.6 Å². The summed E-state index contributed by atoms with van der Waals surface area (Å²) in [6, 6.07) is 2.83. The van der Waals surface area contributed by atoms with Crippen LogP contribution in [0.3, 0.4) is 0 Å². The molecule has 2 fully saturated rings. The predicted octanol–water partition coefficient (Wildman–Crippen LogP) is 2.54. The fourth-order valence-electron chi connectivity index (χ4n) is 3.37. The van der Waals surface area contributed by atoms with E-state index in [1.165, 1.54) is 25.7 Å². The van der Waals surface area contributed by atoms with Gasteiger partial charge < -0.3 is 15.3 Å². The van der Waals surface area contributed by atoms with Crippen LogP contribution in [0, 0.1) is 16.7 Å². The molecule has 24 heavy (non-hydrogen) atoms. The second kappa shape index (κ2) is 11.0. The van der Waals surface area contributed by atoms with Crippen molar-refractivity contribution < 1.29 is 14.7 Å². The van der Waals surface area contributed by atoms with Crippen LogP contribution in [0.2, 0.25) is 0 Å². The highest BCUT2D eigenvalue weighted by Crippen LogP contribution is 2.29. The zero-order chi connectivity index (χ0) is 17.8. The van der Waals surface area contributed by atoms with Crippen molar-refractivity contribution in [1.29, 1.82) is 5.26 Å². The van der Waals surface area contributed by atoms with E-state index in [1.54, 1.807) is 0 Å². The van der Waals surface area contributed by atoms with Crippen LogP contribution in [0.5, 0.6) is 0 Å². The Kier molecular flexibility index (Phi) is 9.39. The Morgan fingerprint density at radius 1 is 1.29 bits per heavy atom. The van der Waals surface area contributed by atoms with Crippen LogP contribution in [-0.4, -0.2) is 48.1 Å². The lowest BCUT2D eigenvalue weighted by atomic mass is 9.82. The molecule has 0 unspecified atom stereocenters. The largest absolute Gasteiger partial charge is 0.483 e. The summed E-state index contributed by atoms with van der Waals surface area (Å²) in [7, 11) is 0. The van der Waals surface area contributed by atoms with Gasteiger partial charge in [0.05, 0.1) is 11.5 Å². The molecule has 0 bridgehead atoms. The molecule has 0 aromatic carbocycles. The van der Waals surface area contributed by atoms with Crippen molar-refractivity contribution in [3.63, 3.8) is 0 Å². The highest BCUT2D eigenvalue weighted by atomic mass is 16.3. The minimum absolute atomic E-state index is 0.154. The third-order valence-corrected chi connectivity index (χ3v) is 5.10. The van der Waals surface area contributed by atoms with Gasteiger partial charge in [0.2, 0.25) is 5.91 Å². The molecule has 136 valence electrons. The summed E-state index contributed by atoms with van der Waals surface area (Å²) in [4.78, 5) is 22.7. The van der Waals surface area contributed by atoms with Crippen LogP contribution in [0.15, 0.2) is 0 Å². The molecular weight excluding hydrogens is 306 g/mol. The van der Waals surface area contributed by atoms with Crippen LogP contribution < -0.4 is 5.32 Å². The number of piperidine rings is 1. The number of carbonyl (C=O) groups is 2. The minimum Gasteiger partial charge on any atom is -0.483 e. The second-order valence-corrected chi connectivity index (χ2v) is 7.13. The van der Waals surface area contributed by atoms with Crippen LogP contribution in [-0.2, 0) is 9.59 Å². The van der Waals surface area contributed by atoms with Gasteiger partial charge in [0.15, 0.2) is 0 Å². The molecule has 6 nitrogen and oxygen atoms in total. The van der Waals surface area contributed by atoms with Crippen molar-refractivity contribution in [3.05, 3.63) is 0 Å². The maximum atomic E-state index is 12.1. The molecule has 1 amide bonds. The second-order valence-electron chi connectivity index (χ2n) is 7.13. The van der Waals surface area contributed by atoms with Crippen molar-refractivity contribution in [2.24, 2.45) is 5.41 Å². The first-order chi connectivity index (χ1) is 11.5. The standard InChI is InChI=1S/C17H29N3O.CH2O2/c1-17(14-18)9-12-20(13-10-17)11-8-16(21)19-15-6-4-2-3-5-7-15;2-1-3/h15H,2-13H2,1H3,(H,19,21);1H,(H,2,3). The number of amides is 1. The lowest BCUT2D eigenvalue weighted by Gasteiger charge is -2.34. The van der Waals surface area contributed by atoms with Crippen molar-refractivity contribution in [2.45, 2.75) is 70.8 Å². The van der Waals surface area contributed by atoms with Gasteiger partial charge in [-0.2, -0.15) is 5.26 Å². The molecule has 0 atom stereocenters. The van der Waals surface area contributed by atoms with Gasteiger partial charge >= 0.3 is 0 Å². The molecule has 1 aliphatic heterocycles. The normalized spacial score (nSPS) is 21.5. The molecule has 0 radical (unpaired) electrons. The smallest absolute Gasteiger partial charge is 0.290 e. The van der Waals surface area contributed by atoms with Gasteiger partial charge in [-0.25, -0.2) is 0 Å². The highest BCUT2D eigenvalue weighted by molar-refractivity contribution is 5.76. The Morgan fingerprint density at radius 3 is 2.33 bits per heavy atom. The maximum Gasteiger partial charge on any atom is 0.290 e. The minimum atomic E-state index is -0.250. The average molecular weight is 337 g/mol. The summed E-state index contributed by atoms with van der Waals surface area (Å²) < 4.78 is 0. The van der Waals surface area contributed by atoms with E-state index in [2.05, 4.69) is 16.3 Å². The van der Waals surface area contributed by atoms with Gasteiger partial charge in [0.25, 0.3) is 6.47 Å². The Bertz CT molecular complexity index is 418. The van der Waals surface area contributed by atoms with E-state index in [9.17, 15) is 4.79 Å². The Morgan fingerprint density at radius 2 is 1.83 bits per heavy atom. The quantitative estimate of drug-likeness (QED) is 0.607. The molecular formula is C18H31N3O3. The molecule has 1 saturated heterocycles. The van der Waals surface area contributed by atoms with Gasteiger partial charge in [-0.3, -0.25) is 9.59 Å². The van der Waals surface area contributed by atoms with E-state index in [0.29, 0.717) is 12.5 Å². The summed E-state index contributed by atoms with van der Waals surface area (Å²) >= 11 is 0. The molecule has 6 heteroatoms. The number of hydrogen-bond donors (Lipinski definition) is 2. The summed E-state index contributed by atoms with van der Waals surface area (Å²) in [5, 5.41) is 19.2. The summed E-state index contributed by atoms with van der Waals surface area (Å²) in [5.41, 5.74) is -0.154. The maximum absolute atomic E-state index is 12.1. The number of hydrogen-bond acceptors (Lipinski definition) is 4. The number of rotatable bonds is 4. The Balaban J connectivity index is 0.000000891. The number of carboxylic acid groups (broad SMARTS) is 1. The van der Waals surface area contributed by atoms with Gasteiger partial charge in [-0.05, 0) is 45.7 Å². The third kappa shape index (κ3) is 7.78. The van der Waals surface area contributed by atoms with E-state index in [-0.39, 0.29) is 17.8 Å². The lowest BCUT2D eigenvalue weighted by molar-refractivity contribution is -0.123. The fraction of sp³-hybridized carbons (Fsp3) is 0.833. The van der Waals surface area contributed by atoms with Crippen molar-refractivity contribution in [1.82, 2.24) is 10.2 Å². The van der Waals surface area contributed by atoms with Gasteiger partial charge in [0, 0.05) is 19.0 Å². The van der Waals surface area contributed by atoms with Crippen LogP contribution in [0.25, 0.3) is 0 Å². The van der Waals surface area contributed by atoms with Crippen LogP contribution >= 0.6 is 0 Å². The zero-order valence-electron chi connectivity index (χ0n) is 14.8. The first kappa shape index (κ1) is 20.4. The Labute approximate surface area is 145 Å². The molecule has 0 spiro atoms. The number of likely N-dealkylation sites (tertiary alicyclic amines) is 1. The third-order valence-electron chi connectivity index (χ3n) is 5.10. The van der Waals surface area contributed by atoms with E-state index >= 15 is 0 Å². The van der Waals surface area contributed by atoms with Crippen molar-refractivity contribution >= 4 is 12.4 Å². The molecule has 1 saturated carbocycles. The first-order valence-electron chi connectivity index (χ1n) is 9.04. The molecule has 1 aliphatic carbocycles. The first-order valence-corrected chi connectivity index (χ1v) is 9.04. The van der Waals surface area contributed by atoms with Crippen LogP contribution in [0.4, 0.5) is 0 Å². The van der Waals surface area contributed by atoms with Crippen LogP contribution in [0.1, 0.15) is 64.7 Å². The SMILES string of the molecule is CC1(C#N)CCN(CCC(=O)NC2CCCCCC2)CC1.O=CO. The Hall–Kier alpha value is -1.61. The number of carbonyl (C=O) groups excluding carboxylic acids is 1. The molecule has 2 N–H and O–H groups in total. The number of nitrogens with zero attached hydrogens (tertiary/aromatic N) is 2. The molecule has 1 heterocycles. The average Bonchev–Trinajstić information content (AvgIpc) is 2.84. The molecule has 0 aromatic rings. The van der Waals surface area contributed by atoms with Crippen molar-refractivity contribution in [3.8, 4) is 6.07 Å². The zero-order valence-corrected chi connectivity index (χ0v) is 14.8. The van der Waals surface area contributed by atoms with E-state index in [0.717, 1.165) is 45.3 Å². The lowest BCUT2D eigenvalue weighted by Crippen LogP contribution is -2.41. The summed E-state index contributed by atoms with van der Waals surface area (Å²) in [5.74, 6) is 0.204. The van der Waals surface area contributed by atoms with Gasteiger partial charge in [0.1, 0.15) is 0 Å². The van der Waals surface area contributed by atoms with E-state index in [4.69, 9.17) is 15.2 Å². The molecule has 0 aromatic heterocycles. The summed E-state index contributed by atoms with van der Waals surface area (Å²) in [6.45, 7) is 4.52. The molecule has 2 aliphatic rings. The number of nitriles is 1. The monoisotopic (exact) mass is 337 g/mol. The van der Waals surface area contributed by atoms with Gasteiger partial charge in [-0.1, -0.05) is 25.7 Å². The topological polar surface area (TPSA) is 93.4 Å². The van der Waals surface area contributed by atoms with E-state index < -0.39 is 0 Å². The van der Waals surface area contributed by atoms with E-state index in [1.807, 2.05) is 6.92 Å². The van der Waals surface area contributed by atoms with Gasteiger partial charge in [-0.15, -0.1) is 0 Å². The molecule has 2 rings (SSSR count). The summed E-state index contributed by atoms with van der Waals surface area (Å²) in [6.07, 6.45) is 9.89. The predicted molar refractivity (Wildman–Crippen MR) is 92.3 cm³/mol. The number of nitrogens with one attached hydrogen (secondary N) is 1.